The van der Waals surface area contributed by atoms with Gasteiger partial charge in [0.1, 0.15) is 5.82 Å². The van der Waals surface area contributed by atoms with Crippen LogP contribution < -0.4 is 11.3 Å². The fourth-order valence-electron chi connectivity index (χ4n) is 1.54. The van der Waals surface area contributed by atoms with Crippen molar-refractivity contribution in [3.63, 3.8) is 0 Å². The summed E-state index contributed by atoms with van der Waals surface area (Å²) in [5, 5.41) is 1.93. The molecule has 1 atom stereocenters. The average molecular weight is 237 g/mol. The molecule has 2 aromatic rings. The summed E-state index contributed by atoms with van der Waals surface area (Å²) in [4.78, 5) is 4.19. The maximum atomic E-state index is 13.0. The minimum Gasteiger partial charge on any atom is -0.271 e. The molecule has 0 aliphatic heterocycles. The number of hydrogen-bond acceptors (Lipinski definition) is 4. The molecule has 1 unspecified atom stereocenters. The van der Waals surface area contributed by atoms with Crippen LogP contribution in [0.4, 0.5) is 4.39 Å². The lowest BCUT2D eigenvalue weighted by molar-refractivity contribution is 0.538. The number of nitrogens with zero attached hydrogens (tertiary/aromatic N) is 1. The Morgan fingerprint density at radius 1 is 1.50 bits per heavy atom. The van der Waals surface area contributed by atoms with Crippen molar-refractivity contribution < 1.29 is 4.39 Å². The van der Waals surface area contributed by atoms with Crippen molar-refractivity contribution in [2.45, 2.75) is 12.5 Å². The second kappa shape index (κ2) is 5.16. The van der Waals surface area contributed by atoms with Crippen LogP contribution in [-0.4, -0.2) is 4.98 Å². The molecular weight excluding hydrogens is 225 g/mol. The summed E-state index contributed by atoms with van der Waals surface area (Å²) in [6, 6.07) is 6.43. The first-order valence-corrected chi connectivity index (χ1v) is 5.82. The van der Waals surface area contributed by atoms with Crippen LogP contribution in [0.3, 0.4) is 0 Å². The molecule has 1 heterocycles. The monoisotopic (exact) mass is 237 g/mol. The second-order valence-corrected chi connectivity index (χ2v) is 4.19. The van der Waals surface area contributed by atoms with E-state index in [1.54, 1.807) is 11.6 Å². The highest BCUT2D eigenvalue weighted by atomic mass is 32.1. The molecule has 3 N–H and O–H groups in total. The van der Waals surface area contributed by atoms with E-state index in [-0.39, 0.29) is 11.9 Å². The molecule has 0 radical (unpaired) electrons. The lowest BCUT2D eigenvalue weighted by atomic mass is 10.0. The molecule has 2 rings (SSSR count). The van der Waals surface area contributed by atoms with E-state index in [0.717, 1.165) is 11.3 Å². The number of aromatic nitrogens is 1. The highest BCUT2D eigenvalue weighted by Gasteiger charge is 2.12. The molecule has 0 spiro atoms. The molecule has 1 aromatic heterocycles. The first kappa shape index (κ1) is 11.2. The Morgan fingerprint density at radius 2 is 2.38 bits per heavy atom. The first-order valence-electron chi connectivity index (χ1n) is 4.88. The highest BCUT2D eigenvalue weighted by Crippen LogP contribution is 2.17. The van der Waals surface area contributed by atoms with E-state index in [1.807, 2.05) is 11.4 Å². The number of benzene rings is 1. The summed E-state index contributed by atoms with van der Waals surface area (Å²) >= 11 is 1.52. The minimum atomic E-state index is -0.230. The Balaban J connectivity index is 2.13. The highest BCUT2D eigenvalue weighted by molar-refractivity contribution is 7.07. The van der Waals surface area contributed by atoms with Gasteiger partial charge in [0, 0.05) is 5.38 Å². The SMILES string of the molecule is NNC(Cc1cccc(F)c1)c1cscn1. The lowest BCUT2D eigenvalue weighted by Gasteiger charge is -2.13. The van der Waals surface area contributed by atoms with Gasteiger partial charge in [-0.05, 0) is 24.1 Å². The van der Waals surface area contributed by atoms with Crippen LogP contribution in [0, 0.1) is 5.82 Å². The van der Waals surface area contributed by atoms with E-state index in [2.05, 4.69) is 10.4 Å². The molecule has 5 heteroatoms. The zero-order valence-corrected chi connectivity index (χ0v) is 9.38. The smallest absolute Gasteiger partial charge is 0.123 e. The number of rotatable bonds is 4. The van der Waals surface area contributed by atoms with Crippen LogP contribution >= 0.6 is 11.3 Å². The predicted molar refractivity (Wildman–Crippen MR) is 62.3 cm³/mol. The Morgan fingerprint density at radius 3 is 3.00 bits per heavy atom. The van der Waals surface area contributed by atoms with E-state index in [1.165, 1.54) is 23.5 Å². The van der Waals surface area contributed by atoms with Gasteiger partial charge < -0.3 is 0 Å². The molecule has 0 fully saturated rings. The third-order valence-corrected chi connectivity index (χ3v) is 2.94. The van der Waals surface area contributed by atoms with Crippen LogP contribution in [0.5, 0.6) is 0 Å². The molecule has 0 bridgehead atoms. The van der Waals surface area contributed by atoms with E-state index in [4.69, 9.17) is 5.84 Å². The minimum absolute atomic E-state index is 0.0759. The molecule has 84 valence electrons. The van der Waals surface area contributed by atoms with Gasteiger partial charge in [-0.25, -0.2) is 9.37 Å². The first-order chi connectivity index (χ1) is 7.79. The third kappa shape index (κ3) is 2.63. The fraction of sp³-hybridized carbons (Fsp3) is 0.182. The van der Waals surface area contributed by atoms with Crippen molar-refractivity contribution in [3.05, 3.63) is 52.2 Å². The Bertz CT molecular complexity index is 444. The lowest BCUT2D eigenvalue weighted by Crippen LogP contribution is -2.29. The van der Waals surface area contributed by atoms with Gasteiger partial charge in [-0.3, -0.25) is 11.3 Å². The van der Waals surface area contributed by atoms with Gasteiger partial charge in [0.05, 0.1) is 17.2 Å². The van der Waals surface area contributed by atoms with Gasteiger partial charge in [0.15, 0.2) is 0 Å². The number of nitrogens with one attached hydrogen (secondary N) is 1. The molecular formula is C11H12FN3S. The standard InChI is InChI=1S/C11H12FN3S/c12-9-3-1-2-8(4-9)5-10(15-13)11-6-16-7-14-11/h1-4,6-7,10,15H,5,13H2. The fourth-order valence-corrected chi connectivity index (χ4v) is 2.15. The molecule has 0 aliphatic carbocycles. The van der Waals surface area contributed by atoms with Crippen LogP contribution in [0.2, 0.25) is 0 Å². The largest absolute Gasteiger partial charge is 0.271 e. The third-order valence-electron chi connectivity index (χ3n) is 2.34. The average Bonchev–Trinajstić information content (AvgIpc) is 2.79. The van der Waals surface area contributed by atoms with Crippen LogP contribution in [0.25, 0.3) is 0 Å². The van der Waals surface area contributed by atoms with Gasteiger partial charge in [-0.1, -0.05) is 12.1 Å². The Kier molecular flexibility index (Phi) is 3.61. The van der Waals surface area contributed by atoms with Gasteiger partial charge in [0.25, 0.3) is 0 Å². The zero-order chi connectivity index (χ0) is 11.4. The summed E-state index contributed by atoms with van der Waals surface area (Å²) in [6.45, 7) is 0. The summed E-state index contributed by atoms with van der Waals surface area (Å²) in [5.41, 5.74) is 6.23. The van der Waals surface area contributed by atoms with Crippen molar-refractivity contribution in [2.75, 3.05) is 0 Å². The number of halogens is 1. The molecule has 16 heavy (non-hydrogen) atoms. The van der Waals surface area contributed by atoms with Crippen molar-refractivity contribution in [2.24, 2.45) is 5.84 Å². The van der Waals surface area contributed by atoms with Crippen LogP contribution in [0.15, 0.2) is 35.2 Å². The maximum Gasteiger partial charge on any atom is 0.123 e. The van der Waals surface area contributed by atoms with Crippen molar-refractivity contribution >= 4 is 11.3 Å². The predicted octanol–water partition coefficient (Wildman–Crippen LogP) is 2.03. The summed E-state index contributed by atoms with van der Waals surface area (Å²) in [6.07, 6.45) is 0.623. The normalized spacial score (nSPS) is 12.6. The summed E-state index contributed by atoms with van der Waals surface area (Å²) in [7, 11) is 0. The van der Waals surface area contributed by atoms with Crippen molar-refractivity contribution in [1.82, 2.24) is 10.4 Å². The number of hydrazine groups is 1. The quantitative estimate of drug-likeness (QED) is 0.632. The summed E-state index contributed by atoms with van der Waals surface area (Å²) < 4.78 is 13.0. The molecule has 3 nitrogen and oxygen atoms in total. The number of thiazole rings is 1. The molecule has 0 saturated heterocycles. The molecule has 0 aliphatic rings. The molecule has 0 amide bonds. The van der Waals surface area contributed by atoms with E-state index in [9.17, 15) is 4.39 Å². The number of hydrogen-bond donors (Lipinski definition) is 2. The van der Waals surface area contributed by atoms with E-state index < -0.39 is 0 Å². The zero-order valence-electron chi connectivity index (χ0n) is 8.56. The maximum absolute atomic E-state index is 13.0. The summed E-state index contributed by atoms with van der Waals surface area (Å²) in [5.74, 6) is 5.24. The van der Waals surface area contributed by atoms with Crippen molar-refractivity contribution in [3.8, 4) is 0 Å². The second-order valence-electron chi connectivity index (χ2n) is 3.47. The topological polar surface area (TPSA) is 50.9 Å². The van der Waals surface area contributed by atoms with Gasteiger partial charge >= 0.3 is 0 Å². The van der Waals surface area contributed by atoms with E-state index in [0.29, 0.717) is 6.42 Å². The van der Waals surface area contributed by atoms with Crippen LogP contribution in [0.1, 0.15) is 17.3 Å². The van der Waals surface area contributed by atoms with E-state index >= 15 is 0 Å². The van der Waals surface area contributed by atoms with Crippen LogP contribution in [-0.2, 0) is 6.42 Å². The molecule has 0 saturated carbocycles. The Labute approximate surface area is 97.1 Å². The van der Waals surface area contributed by atoms with Gasteiger partial charge in [-0.15, -0.1) is 11.3 Å². The Hall–Kier alpha value is -1.30. The molecule has 1 aromatic carbocycles. The van der Waals surface area contributed by atoms with Gasteiger partial charge in [0.2, 0.25) is 0 Å². The van der Waals surface area contributed by atoms with Gasteiger partial charge in [-0.2, -0.15) is 0 Å². The number of nitrogens with two attached hydrogens (primary N) is 1. The van der Waals surface area contributed by atoms with Crippen molar-refractivity contribution in [1.29, 1.82) is 0 Å².